The molecule has 0 aliphatic heterocycles. The number of hydrogen-bond donors (Lipinski definition) is 2. The standard InChI is InChI=1S/C22H26N4O2/c1-4-16-10-12-18(13-11-16)22-24-21(28-25-22)15-26(3)14-20(27)23-19-9-7-6-8-17(19)5-2/h6-13H,4-5,14-15H2,1-3H3,(H,23,27)/p+1. The molecule has 0 saturated carbocycles. The fourth-order valence-electron chi connectivity index (χ4n) is 3.07. The smallest absolute Gasteiger partial charge is 0.282 e. The van der Waals surface area contributed by atoms with Crippen molar-refractivity contribution in [1.82, 2.24) is 10.1 Å². The molecule has 146 valence electrons. The van der Waals surface area contributed by atoms with Crippen LogP contribution in [0.25, 0.3) is 11.4 Å². The number of carbonyl (C=O) groups excluding carboxylic acids is 1. The maximum absolute atomic E-state index is 12.4. The van der Waals surface area contributed by atoms with E-state index in [0.29, 0.717) is 24.8 Å². The van der Waals surface area contributed by atoms with Crippen molar-refractivity contribution in [2.24, 2.45) is 0 Å². The number of aryl methyl sites for hydroxylation is 2. The number of nitrogens with zero attached hydrogens (tertiary/aromatic N) is 2. The highest BCUT2D eigenvalue weighted by Crippen LogP contribution is 2.17. The van der Waals surface area contributed by atoms with Gasteiger partial charge in [0.25, 0.3) is 11.8 Å². The molecule has 1 heterocycles. The minimum absolute atomic E-state index is 0.0340. The van der Waals surface area contributed by atoms with E-state index in [9.17, 15) is 4.79 Å². The molecule has 0 saturated heterocycles. The second-order valence-corrected chi connectivity index (χ2v) is 6.93. The minimum atomic E-state index is -0.0340. The van der Waals surface area contributed by atoms with Gasteiger partial charge in [-0.3, -0.25) is 4.79 Å². The predicted molar refractivity (Wildman–Crippen MR) is 109 cm³/mol. The number of nitrogens with one attached hydrogen (secondary N) is 2. The summed E-state index contributed by atoms with van der Waals surface area (Å²) in [6.07, 6.45) is 1.87. The lowest BCUT2D eigenvalue weighted by atomic mass is 10.1. The van der Waals surface area contributed by atoms with Crippen molar-refractivity contribution in [3.05, 3.63) is 65.5 Å². The number of rotatable bonds is 8. The monoisotopic (exact) mass is 379 g/mol. The Hall–Kier alpha value is -2.99. The van der Waals surface area contributed by atoms with Crippen LogP contribution in [-0.4, -0.2) is 29.6 Å². The average molecular weight is 379 g/mol. The van der Waals surface area contributed by atoms with E-state index in [2.05, 4.69) is 41.4 Å². The average Bonchev–Trinajstić information content (AvgIpc) is 3.16. The van der Waals surface area contributed by atoms with Crippen LogP contribution >= 0.6 is 0 Å². The minimum Gasteiger partial charge on any atom is -0.333 e. The van der Waals surface area contributed by atoms with E-state index in [0.717, 1.165) is 34.6 Å². The molecule has 1 unspecified atom stereocenters. The van der Waals surface area contributed by atoms with E-state index in [-0.39, 0.29) is 5.91 Å². The highest BCUT2D eigenvalue weighted by atomic mass is 16.5. The van der Waals surface area contributed by atoms with E-state index >= 15 is 0 Å². The topological polar surface area (TPSA) is 72.5 Å². The van der Waals surface area contributed by atoms with Crippen molar-refractivity contribution >= 4 is 11.6 Å². The summed E-state index contributed by atoms with van der Waals surface area (Å²) in [6, 6.07) is 16.0. The van der Waals surface area contributed by atoms with Crippen molar-refractivity contribution in [1.29, 1.82) is 0 Å². The van der Waals surface area contributed by atoms with Gasteiger partial charge >= 0.3 is 0 Å². The molecule has 6 heteroatoms. The molecule has 0 fully saturated rings. The summed E-state index contributed by atoms with van der Waals surface area (Å²) >= 11 is 0. The van der Waals surface area contributed by atoms with E-state index in [1.165, 1.54) is 5.56 Å². The summed E-state index contributed by atoms with van der Waals surface area (Å²) in [4.78, 5) is 17.8. The van der Waals surface area contributed by atoms with Crippen molar-refractivity contribution in [2.45, 2.75) is 33.2 Å². The van der Waals surface area contributed by atoms with Gasteiger partial charge in [0.15, 0.2) is 13.1 Å². The van der Waals surface area contributed by atoms with Gasteiger partial charge < -0.3 is 14.7 Å². The van der Waals surface area contributed by atoms with Crippen LogP contribution in [0.15, 0.2) is 53.1 Å². The van der Waals surface area contributed by atoms with Crippen molar-refractivity contribution in [3.63, 3.8) is 0 Å². The Bertz CT molecular complexity index is 918. The summed E-state index contributed by atoms with van der Waals surface area (Å²) in [7, 11) is 1.94. The molecule has 1 amide bonds. The molecule has 0 aliphatic rings. The van der Waals surface area contributed by atoms with Gasteiger partial charge in [-0.2, -0.15) is 4.98 Å². The molecule has 3 aromatic rings. The van der Waals surface area contributed by atoms with Crippen molar-refractivity contribution in [3.8, 4) is 11.4 Å². The zero-order valence-corrected chi connectivity index (χ0v) is 16.7. The Kier molecular flexibility index (Phi) is 6.55. The Labute approximate surface area is 165 Å². The molecule has 2 aromatic carbocycles. The van der Waals surface area contributed by atoms with Gasteiger partial charge in [-0.1, -0.05) is 61.5 Å². The van der Waals surface area contributed by atoms with Crippen LogP contribution in [0.4, 0.5) is 5.69 Å². The van der Waals surface area contributed by atoms with E-state index < -0.39 is 0 Å². The molecule has 28 heavy (non-hydrogen) atoms. The lowest BCUT2D eigenvalue weighted by molar-refractivity contribution is -0.886. The van der Waals surface area contributed by atoms with Crippen LogP contribution in [0.2, 0.25) is 0 Å². The maximum atomic E-state index is 12.4. The third kappa shape index (κ3) is 5.04. The molecule has 0 spiro atoms. The number of amides is 1. The fraction of sp³-hybridized carbons (Fsp3) is 0.318. The molecule has 1 aromatic heterocycles. The third-order valence-corrected chi connectivity index (χ3v) is 4.68. The number of hydrogen-bond acceptors (Lipinski definition) is 4. The normalized spacial score (nSPS) is 12.0. The Morgan fingerprint density at radius 2 is 1.82 bits per heavy atom. The number of aromatic nitrogens is 2. The molecular weight excluding hydrogens is 352 g/mol. The lowest BCUT2D eigenvalue weighted by Crippen LogP contribution is -3.08. The van der Waals surface area contributed by atoms with Gasteiger partial charge in [0.2, 0.25) is 5.82 Å². The molecule has 3 rings (SSSR count). The number of likely N-dealkylation sites (N-methyl/N-ethyl adjacent to an activating group) is 1. The summed E-state index contributed by atoms with van der Waals surface area (Å²) < 4.78 is 5.37. The molecule has 0 radical (unpaired) electrons. The first-order chi connectivity index (χ1) is 13.6. The van der Waals surface area contributed by atoms with Crippen LogP contribution in [0, 0.1) is 0 Å². The summed E-state index contributed by atoms with van der Waals surface area (Å²) in [5.41, 5.74) is 4.20. The predicted octanol–water partition coefficient (Wildman–Crippen LogP) is 2.51. The van der Waals surface area contributed by atoms with Crippen molar-refractivity contribution in [2.75, 3.05) is 18.9 Å². The Morgan fingerprint density at radius 3 is 2.54 bits per heavy atom. The summed E-state index contributed by atoms with van der Waals surface area (Å²) in [6.45, 7) is 5.01. The van der Waals surface area contributed by atoms with Gasteiger partial charge in [0.05, 0.1) is 7.05 Å². The quantitative estimate of drug-likeness (QED) is 0.631. The van der Waals surface area contributed by atoms with Crippen LogP contribution in [0.1, 0.15) is 30.9 Å². The highest BCUT2D eigenvalue weighted by molar-refractivity contribution is 5.92. The van der Waals surface area contributed by atoms with Gasteiger partial charge in [0.1, 0.15) is 0 Å². The first-order valence-electron chi connectivity index (χ1n) is 9.70. The van der Waals surface area contributed by atoms with Gasteiger partial charge in [-0.25, -0.2) is 0 Å². The van der Waals surface area contributed by atoms with Gasteiger partial charge in [-0.05, 0) is 30.0 Å². The first-order valence-corrected chi connectivity index (χ1v) is 9.70. The second-order valence-electron chi connectivity index (χ2n) is 6.93. The van der Waals surface area contributed by atoms with E-state index in [1.54, 1.807) is 0 Å². The SMILES string of the molecule is CCc1ccc(-c2noc(C[NH+](C)CC(=O)Nc3ccccc3CC)n2)cc1. The number of carbonyl (C=O) groups is 1. The van der Waals surface area contributed by atoms with E-state index in [4.69, 9.17) is 4.52 Å². The first kappa shape index (κ1) is 19.8. The van der Waals surface area contributed by atoms with Crippen LogP contribution in [-0.2, 0) is 24.2 Å². The molecule has 2 N–H and O–H groups in total. The number of benzene rings is 2. The van der Waals surface area contributed by atoms with Gasteiger partial charge in [-0.15, -0.1) is 0 Å². The van der Waals surface area contributed by atoms with E-state index in [1.807, 2.05) is 43.4 Å². The van der Waals surface area contributed by atoms with Crippen molar-refractivity contribution < 1.29 is 14.2 Å². The maximum Gasteiger partial charge on any atom is 0.282 e. The van der Waals surface area contributed by atoms with Gasteiger partial charge in [0, 0.05) is 11.3 Å². The molecular formula is C22H27N4O2+. The highest BCUT2D eigenvalue weighted by Gasteiger charge is 2.16. The number of para-hydroxylation sites is 1. The Morgan fingerprint density at radius 1 is 1.07 bits per heavy atom. The zero-order valence-electron chi connectivity index (χ0n) is 16.7. The second kappa shape index (κ2) is 9.28. The molecule has 0 bridgehead atoms. The third-order valence-electron chi connectivity index (χ3n) is 4.68. The zero-order chi connectivity index (χ0) is 19.9. The lowest BCUT2D eigenvalue weighted by Gasteiger charge is -2.13. The van der Waals surface area contributed by atoms with Crippen LogP contribution in [0.3, 0.4) is 0 Å². The largest absolute Gasteiger partial charge is 0.333 e. The van der Waals surface area contributed by atoms with Crippen LogP contribution in [0.5, 0.6) is 0 Å². The molecule has 0 aliphatic carbocycles. The summed E-state index contributed by atoms with van der Waals surface area (Å²) in [5.74, 6) is 1.06. The number of quaternary nitrogens is 1. The number of anilines is 1. The van der Waals surface area contributed by atoms with Crippen LogP contribution < -0.4 is 10.2 Å². The molecule has 1 atom stereocenters. The Balaban J connectivity index is 1.56. The fourth-order valence-corrected chi connectivity index (χ4v) is 3.07. The molecule has 6 nitrogen and oxygen atoms in total. The summed E-state index contributed by atoms with van der Waals surface area (Å²) in [5, 5.41) is 7.06.